The van der Waals surface area contributed by atoms with Crippen LogP contribution in [0, 0.1) is 22.3 Å². The van der Waals surface area contributed by atoms with E-state index in [2.05, 4.69) is 57.6 Å². The second-order valence-corrected chi connectivity index (χ2v) is 13.2. The molecule has 0 atom stereocenters. The Kier molecular flexibility index (Phi) is 9.17. The van der Waals surface area contributed by atoms with Gasteiger partial charge in [-0.05, 0) is 30.4 Å². The largest absolute Gasteiger partial charge is 0.384 e. The maximum Gasteiger partial charge on any atom is 0.129 e. The molecule has 0 amide bonds. The molecular formula is C20H36O2Si. The first-order chi connectivity index (χ1) is 10.5. The molecule has 0 aliphatic carbocycles. The zero-order valence-corrected chi connectivity index (χ0v) is 17.7. The summed E-state index contributed by atoms with van der Waals surface area (Å²) < 4.78 is 11.1. The van der Waals surface area contributed by atoms with Crippen LogP contribution in [0.15, 0.2) is 17.4 Å². The van der Waals surface area contributed by atoms with Gasteiger partial charge in [-0.25, -0.2) is 0 Å². The summed E-state index contributed by atoms with van der Waals surface area (Å²) >= 11 is 0. The van der Waals surface area contributed by atoms with Crippen molar-refractivity contribution in [1.29, 1.82) is 0 Å². The fraction of sp³-hybridized carbons (Fsp3) is 0.750. The van der Waals surface area contributed by atoms with Crippen molar-refractivity contribution in [1.82, 2.24) is 0 Å². The van der Waals surface area contributed by atoms with Crippen LogP contribution in [-0.4, -0.2) is 35.5 Å². The summed E-state index contributed by atoms with van der Waals surface area (Å²) in [5.74, 6) is 3.44. The summed E-state index contributed by atoms with van der Waals surface area (Å²) in [6.07, 6.45) is 3.69. The third kappa shape index (κ3) is 9.18. The number of ether oxygens (including phenoxy) is 2. The van der Waals surface area contributed by atoms with Gasteiger partial charge in [0.15, 0.2) is 0 Å². The van der Waals surface area contributed by atoms with E-state index < -0.39 is 8.07 Å². The molecule has 0 rings (SSSR count). The van der Waals surface area contributed by atoms with Gasteiger partial charge in [0.05, 0.1) is 13.2 Å². The lowest BCUT2D eigenvalue weighted by Gasteiger charge is -2.35. The highest BCUT2D eigenvalue weighted by atomic mass is 28.3. The second-order valence-electron chi connectivity index (χ2n) is 8.43. The molecular weight excluding hydrogens is 300 g/mol. The molecule has 132 valence electrons. The van der Waals surface area contributed by atoms with Crippen LogP contribution in [0.2, 0.25) is 19.6 Å². The minimum absolute atomic E-state index is 0.0748. The van der Waals surface area contributed by atoms with Crippen LogP contribution in [-0.2, 0) is 9.47 Å². The number of rotatable bonds is 7. The fourth-order valence-electron chi connectivity index (χ4n) is 2.50. The van der Waals surface area contributed by atoms with Crippen LogP contribution in [0.5, 0.6) is 0 Å². The molecule has 0 aliphatic rings. The first-order valence-electron chi connectivity index (χ1n) is 8.38. The first kappa shape index (κ1) is 22.2. The lowest BCUT2D eigenvalue weighted by atomic mass is 9.73. The SMILES string of the molecule is CC=C=C(CC(CC#C[Si](C)(C)C)(COC)COC)C(C)(C)C. The van der Waals surface area contributed by atoms with Gasteiger partial charge < -0.3 is 9.47 Å². The molecule has 0 heterocycles. The Morgan fingerprint density at radius 1 is 1.04 bits per heavy atom. The normalized spacial score (nSPS) is 12.2. The van der Waals surface area contributed by atoms with E-state index in [9.17, 15) is 0 Å². The van der Waals surface area contributed by atoms with Crippen LogP contribution >= 0.6 is 0 Å². The van der Waals surface area contributed by atoms with E-state index >= 15 is 0 Å². The average Bonchev–Trinajstić information content (AvgIpc) is 2.36. The number of hydrogen-bond acceptors (Lipinski definition) is 2. The number of methoxy groups -OCH3 is 2. The van der Waals surface area contributed by atoms with Gasteiger partial charge in [-0.2, -0.15) is 0 Å². The van der Waals surface area contributed by atoms with E-state index in [0.29, 0.717) is 13.2 Å². The van der Waals surface area contributed by atoms with Crippen molar-refractivity contribution in [3.8, 4) is 11.5 Å². The van der Waals surface area contributed by atoms with E-state index in [0.717, 1.165) is 12.8 Å². The third-order valence-electron chi connectivity index (χ3n) is 3.60. The Balaban J connectivity index is 5.64. The van der Waals surface area contributed by atoms with E-state index in [1.165, 1.54) is 5.57 Å². The van der Waals surface area contributed by atoms with Gasteiger partial charge in [-0.3, -0.25) is 0 Å². The lowest BCUT2D eigenvalue weighted by Crippen LogP contribution is -2.34. The highest BCUT2D eigenvalue weighted by Gasteiger charge is 2.34. The van der Waals surface area contributed by atoms with Gasteiger partial charge >= 0.3 is 0 Å². The molecule has 0 aromatic carbocycles. The van der Waals surface area contributed by atoms with Gasteiger partial charge in [0.1, 0.15) is 8.07 Å². The molecule has 0 radical (unpaired) electrons. The minimum Gasteiger partial charge on any atom is -0.384 e. The minimum atomic E-state index is -1.37. The average molecular weight is 337 g/mol. The van der Waals surface area contributed by atoms with Crippen molar-refractivity contribution >= 4 is 8.07 Å². The number of hydrogen-bond donors (Lipinski definition) is 0. The summed E-state index contributed by atoms with van der Waals surface area (Å²) in [4.78, 5) is 0. The molecule has 3 heteroatoms. The zero-order valence-electron chi connectivity index (χ0n) is 16.7. The van der Waals surface area contributed by atoms with Crippen LogP contribution in [0.3, 0.4) is 0 Å². The molecule has 0 unspecified atom stereocenters. The lowest BCUT2D eigenvalue weighted by molar-refractivity contribution is 0.0110. The maximum atomic E-state index is 5.55. The Morgan fingerprint density at radius 3 is 1.91 bits per heavy atom. The molecule has 0 saturated heterocycles. The monoisotopic (exact) mass is 336 g/mol. The van der Waals surface area contributed by atoms with Crippen molar-refractivity contribution in [3.05, 3.63) is 17.4 Å². The van der Waals surface area contributed by atoms with Crippen LogP contribution in [0.4, 0.5) is 0 Å². The fourth-order valence-corrected chi connectivity index (χ4v) is 3.12. The van der Waals surface area contributed by atoms with Crippen LogP contribution in [0.1, 0.15) is 40.5 Å². The molecule has 0 aromatic rings. The van der Waals surface area contributed by atoms with Gasteiger partial charge in [0.2, 0.25) is 0 Å². The third-order valence-corrected chi connectivity index (χ3v) is 4.53. The predicted molar refractivity (Wildman–Crippen MR) is 103 cm³/mol. The Bertz CT molecular complexity index is 468. The number of allylic oxidation sites excluding steroid dienone is 1. The van der Waals surface area contributed by atoms with Gasteiger partial charge in [-0.1, -0.05) is 40.4 Å². The highest BCUT2D eigenvalue weighted by molar-refractivity contribution is 6.83. The summed E-state index contributed by atoms with van der Waals surface area (Å²) in [5.41, 5.74) is 8.17. The van der Waals surface area contributed by atoms with E-state index in [4.69, 9.17) is 9.47 Å². The van der Waals surface area contributed by atoms with Crippen molar-refractivity contribution in [2.24, 2.45) is 10.8 Å². The summed E-state index contributed by atoms with van der Waals surface area (Å²) in [7, 11) is 2.15. The summed E-state index contributed by atoms with van der Waals surface area (Å²) in [6.45, 7) is 16.8. The van der Waals surface area contributed by atoms with Crippen LogP contribution < -0.4 is 0 Å². The Morgan fingerprint density at radius 2 is 1.57 bits per heavy atom. The van der Waals surface area contributed by atoms with Crippen molar-refractivity contribution in [3.63, 3.8) is 0 Å². The molecule has 2 nitrogen and oxygen atoms in total. The molecule has 0 aliphatic heterocycles. The van der Waals surface area contributed by atoms with Gasteiger partial charge in [0, 0.05) is 26.1 Å². The van der Waals surface area contributed by atoms with Crippen molar-refractivity contribution in [2.45, 2.75) is 60.2 Å². The van der Waals surface area contributed by atoms with Crippen molar-refractivity contribution in [2.75, 3.05) is 27.4 Å². The maximum absolute atomic E-state index is 5.55. The van der Waals surface area contributed by atoms with E-state index in [1.807, 2.05) is 13.0 Å². The van der Waals surface area contributed by atoms with E-state index in [1.54, 1.807) is 14.2 Å². The van der Waals surface area contributed by atoms with E-state index in [-0.39, 0.29) is 10.8 Å². The zero-order chi connectivity index (χ0) is 18.1. The Labute approximate surface area is 145 Å². The summed E-state index contributed by atoms with van der Waals surface area (Å²) in [6, 6.07) is 0. The van der Waals surface area contributed by atoms with Gasteiger partial charge in [0.25, 0.3) is 0 Å². The first-order valence-corrected chi connectivity index (χ1v) is 11.9. The molecule has 0 aromatic heterocycles. The van der Waals surface area contributed by atoms with Gasteiger partial charge in [-0.15, -0.1) is 17.2 Å². The van der Waals surface area contributed by atoms with Crippen molar-refractivity contribution < 1.29 is 9.47 Å². The summed E-state index contributed by atoms with van der Waals surface area (Å²) in [5, 5.41) is 0. The van der Waals surface area contributed by atoms with Crippen LogP contribution in [0.25, 0.3) is 0 Å². The quantitative estimate of drug-likeness (QED) is 0.367. The molecule has 23 heavy (non-hydrogen) atoms. The highest BCUT2D eigenvalue weighted by Crippen LogP contribution is 2.38. The molecule has 0 fully saturated rings. The standard InChI is InChI=1S/C20H36O2Si/c1-10-12-18(19(2,3)4)15-20(16-21-5,17-22-6)13-11-14-23(7,8)9/h10H,13,15-17H2,1-9H3. The predicted octanol–water partition coefficient (Wildman–Crippen LogP) is 5.07. The Hall–Kier alpha value is -0.783. The molecule has 0 N–H and O–H groups in total. The molecule has 0 bridgehead atoms. The second kappa shape index (κ2) is 9.50. The topological polar surface area (TPSA) is 18.5 Å². The molecule has 0 spiro atoms. The molecule has 0 saturated carbocycles. The smallest absolute Gasteiger partial charge is 0.129 e.